The van der Waals surface area contributed by atoms with Crippen LogP contribution in [-0.4, -0.2) is 39.7 Å². The number of methoxy groups -OCH3 is 1. The van der Waals surface area contributed by atoms with Crippen LogP contribution in [0.15, 0.2) is 35.4 Å². The lowest BCUT2D eigenvalue weighted by atomic mass is 10.3. The van der Waals surface area contributed by atoms with Crippen molar-refractivity contribution in [2.75, 3.05) is 25.0 Å². The Morgan fingerprint density at radius 2 is 1.88 bits per heavy atom. The summed E-state index contributed by atoms with van der Waals surface area (Å²) < 4.78 is 43.0. The van der Waals surface area contributed by atoms with E-state index in [4.69, 9.17) is 9.47 Å². The normalized spacial score (nSPS) is 11.0. The van der Waals surface area contributed by atoms with Crippen LogP contribution in [0, 0.1) is 0 Å². The van der Waals surface area contributed by atoms with Crippen LogP contribution in [0.3, 0.4) is 0 Å². The molecule has 1 heterocycles. The van der Waals surface area contributed by atoms with Crippen molar-refractivity contribution in [1.29, 1.82) is 0 Å². The van der Waals surface area contributed by atoms with Crippen molar-refractivity contribution in [3.8, 4) is 11.5 Å². The summed E-state index contributed by atoms with van der Waals surface area (Å²) in [4.78, 5) is 13.9. The maximum absolute atomic E-state index is 12.6. The van der Waals surface area contributed by atoms with E-state index in [0.717, 1.165) is 0 Å². The standard InChI is InChI=1S/C16H20N2O6S/c1-4-23-11-6-7-15(24-5-2)13(8-11)18-25(20,21)12-9-14(17-10-12)16(19)22-3/h6-10,17-18H,4-5H2,1-3H3. The molecule has 0 radical (unpaired) electrons. The summed E-state index contributed by atoms with van der Waals surface area (Å²) in [5, 5.41) is 0. The second-order valence-electron chi connectivity index (χ2n) is 4.87. The number of carbonyl (C=O) groups is 1. The van der Waals surface area contributed by atoms with Crippen molar-refractivity contribution in [3.63, 3.8) is 0 Å². The molecule has 0 fully saturated rings. The minimum atomic E-state index is -3.93. The van der Waals surface area contributed by atoms with Gasteiger partial charge in [0.1, 0.15) is 22.1 Å². The van der Waals surface area contributed by atoms with Gasteiger partial charge in [0.15, 0.2) is 0 Å². The van der Waals surface area contributed by atoms with E-state index in [1.165, 1.54) is 19.4 Å². The lowest BCUT2D eigenvalue weighted by Gasteiger charge is -2.14. The van der Waals surface area contributed by atoms with E-state index in [2.05, 4.69) is 14.4 Å². The van der Waals surface area contributed by atoms with Gasteiger partial charge in [0.25, 0.3) is 10.0 Å². The molecule has 1 aromatic heterocycles. The molecule has 0 unspecified atom stereocenters. The zero-order valence-electron chi connectivity index (χ0n) is 14.2. The lowest BCUT2D eigenvalue weighted by molar-refractivity contribution is 0.0594. The number of ether oxygens (including phenoxy) is 3. The van der Waals surface area contributed by atoms with Crippen molar-refractivity contribution in [2.45, 2.75) is 18.7 Å². The number of hydrogen-bond donors (Lipinski definition) is 2. The van der Waals surface area contributed by atoms with Gasteiger partial charge < -0.3 is 19.2 Å². The van der Waals surface area contributed by atoms with Gasteiger partial charge in [-0.15, -0.1) is 0 Å². The highest BCUT2D eigenvalue weighted by Crippen LogP contribution is 2.31. The van der Waals surface area contributed by atoms with Gasteiger partial charge in [0.05, 0.1) is 26.0 Å². The minimum Gasteiger partial charge on any atom is -0.494 e. The number of H-pyrrole nitrogens is 1. The zero-order valence-corrected chi connectivity index (χ0v) is 15.0. The van der Waals surface area contributed by atoms with Gasteiger partial charge in [-0.2, -0.15) is 0 Å². The first-order valence-electron chi connectivity index (χ1n) is 7.60. The lowest BCUT2D eigenvalue weighted by Crippen LogP contribution is -2.13. The number of carbonyl (C=O) groups excluding carboxylic acids is 1. The molecule has 136 valence electrons. The Morgan fingerprint density at radius 1 is 1.16 bits per heavy atom. The second-order valence-corrected chi connectivity index (χ2v) is 6.55. The molecule has 1 aromatic carbocycles. The molecule has 9 heteroatoms. The third-order valence-corrected chi connectivity index (χ3v) is 4.52. The highest BCUT2D eigenvalue weighted by molar-refractivity contribution is 7.92. The van der Waals surface area contributed by atoms with Crippen molar-refractivity contribution >= 4 is 21.7 Å². The van der Waals surface area contributed by atoms with Gasteiger partial charge in [-0.1, -0.05) is 0 Å². The third-order valence-electron chi connectivity index (χ3n) is 3.18. The predicted molar refractivity (Wildman–Crippen MR) is 91.7 cm³/mol. The summed E-state index contributed by atoms with van der Waals surface area (Å²) in [7, 11) is -2.72. The van der Waals surface area contributed by atoms with Gasteiger partial charge in [-0.3, -0.25) is 4.72 Å². The first-order chi connectivity index (χ1) is 11.9. The predicted octanol–water partition coefficient (Wildman–Crippen LogP) is 2.40. The molecular weight excluding hydrogens is 348 g/mol. The fourth-order valence-electron chi connectivity index (χ4n) is 2.09. The molecule has 0 saturated heterocycles. The van der Waals surface area contributed by atoms with Crippen LogP contribution in [0.2, 0.25) is 0 Å². The molecule has 25 heavy (non-hydrogen) atoms. The summed E-state index contributed by atoms with van der Waals surface area (Å²) in [5.41, 5.74) is 0.282. The fourth-order valence-corrected chi connectivity index (χ4v) is 3.14. The Bertz CT molecular complexity index is 844. The van der Waals surface area contributed by atoms with E-state index in [-0.39, 0.29) is 16.3 Å². The van der Waals surface area contributed by atoms with Gasteiger partial charge in [0, 0.05) is 12.3 Å². The third kappa shape index (κ3) is 4.44. The molecule has 0 aliphatic carbocycles. The van der Waals surface area contributed by atoms with E-state index in [1.807, 2.05) is 6.92 Å². The van der Waals surface area contributed by atoms with E-state index in [9.17, 15) is 13.2 Å². The van der Waals surface area contributed by atoms with Crippen LogP contribution in [0.4, 0.5) is 5.69 Å². The number of esters is 1. The molecule has 0 amide bonds. The molecule has 0 saturated carbocycles. The summed E-state index contributed by atoms with van der Waals surface area (Å²) >= 11 is 0. The number of aromatic nitrogens is 1. The van der Waals surface area contributed by atoms with Crippen LogP contribution >= 0.6 is 0 Å². The minimum absolute atomic E-state index is 0.0379. The molecule has 0 aliphatic rings. The molecule has 8 nitrogen and oxygen atoms in total. The summed E-state index contributed by atoms with van der Waals surface area (Å²) in [6.45, 7) is 4.44. The maximum Gasteiger partial charge on any atom is 0.354 e. The first-order valence-corrected chi connectivity index (χ1v) is 9.08. The molecule has 0 bridgehead atoms. The molecule has 2 aromatic rings. The van der Waals surface area contributed by atoms with Crippen LogP contribution in [0.25, 0.3) is 0 Å². The Hall–Kier alpha value is -2.68. The SMILES string of the molecule is CCOc1ccc(OCC)c(NS(=O)(=O)c2c[nH]c(C(=O)OC)c2)c1. The van der Waals surface area contributed by atoms with E-state index in [1.54, 1.807) is 25.1 Å². The van der Waals surface area contributed by atoms with Crippen LogP contribution in [-0.2, 0) is 14.8 Å². The highest BCUT2D eigenvalue weighted by atomic mass is 32.2. The Morgan fingerprint density at radius 3 is 2.52 bits per heavy atom. The Labute approximate surface area is 146 Å². The highest BCUT2D eigenvalue weighted by Gasteiger charge is 2.21. The molecule has 0 spiro atoms. The number of anilines is 1. The first kappa shape index (κ1) is 18.7. The monoisotopic (exact) mass is 368 g/mol. The summed E-state index contributed by atoms with van der Waals surface area (Å²) in [5.74, 6) is 0.223. The largest absolute Gasteiger partial charge is 0.494 e. The maximum atomic E-state index is 12.6. The number of benzene rings is 1. The quantitative estimate of drug-likeness (QED) is 0.693. The fraction of sp³-hybridized carbons (Fsp3) is 0.312. The number of aromatic amines is 1. The smallest absolute Gasteiger partial charge is 0.354 e. The number of rotatable bonds is 8. The topological polar surface area (TPSA) is 107 Å². The van der Waals surface area contributed by atoms with Crippen molar-refractivity contribution in [2.24, 2.45) is 0 Å². The number of hydrogen-bond acceptors (Lipinski definition) is 6. The van der Waals surface area contributed by atoms with Crippen LogP contribution < -0.4 is 14.2 Å². The molecule has 0 aliphatic heterocycles. The number of sulfonamides is 1. The van der Waals surface area contributed by atoms with Gasteiger partial charge in [0.2, 0.25) is 0 Å². The molecular formula is C16H20N2O6S. The molecule has 2 N–H and O–H groups in total. The Balaban J connectivity index is 2.34. The summed E-state index contributed by atoms with van der Waals surface area (Å²) in [6, 6.07) is 6.06. The van der Waals surface area contributed by atoms with E-state index >= 15 is 0 Å². The van der Waals surface area contributed by atoms with E-state index in [0.29, 0.717) is 24.7 Å². The van der Waals surface area contributed by atoms with Gasteiger partial charge in [-0.05, 0) is 32.0 Å². The van der Waals surface area contributed by atoms with Crippen LogP contribution in [0.5, 0.6) is 11.5 Å². The zero-order chi connectivity index (χ0) is 18.4. The second kappa shape index (κ2) is 7.93. The van der Waals surface area contributed by atoms with Crippen molar-refractivity contribution < 1.29 is 27.4 Å². The van der Waals surface area contributed by atoms with Gasteiger partial charge >= 0.3 is 5.97 Å². The Kier molecular flexibility index (Phi) is 5.92. The molecule has 0 atom stereocenters. The average Bonchev–Trinajstić information content (AvgIpc) is 3.07. The van der Waals surface area contributed by atoms with Crippen molar-refractivity contribution in [1.82, 2.24) is 4.98 Å². The van der Waals surface area contributed by atoms with E-state index < -0.39 is 16.0 Å². The molecule has 2 rings (SSSR count). The van der Waals surface area contributed by atoms with Crippen LogP contribution in [0.1, 0.15) is 24.3 Å². The summed E-state index contributed by atoms with van der Waals surface area (Å²) in [6.07, 6.45) is 1.21. The van der Waals surface area contributed by atoms with Crippen molar-refractivity contribution in [3.05, 3.63) is 36.2 Å². The number of nitrogens with one attached hydrogen (secondary N) is 2. The average molecular weight is 368 g/mol. The van der Waals surface area contributed by atoms with Gasteiger partial charge in [-0.25, -0.2) is 13.2 Å².